The predicted molar refractivity (Wildman–Crippen MR) is 97.0 cm³/mol. The molecule has 0 fully saturated rings. The fourth-order valence-electron chi connectivity index (χ4n) is 2.05. The van der Waals surface area contributed by atoms with E-state index in [1.165, 1.54) is 30.3 Å². The number of rotatable bonds is 7. The topological polar surface area (TPSA) is 116 Å². The molecular formula is C16H18N2O5S2. The van der Waals surface area contributed by atoms with Gasteiger partial charge in [0.05, 0.1) is 17.7 Å². The molecule has 0 atom stereocenters. The van der Waals surface area contributed by atoms with E-state index in [9.17, 15) is 16.8 Å². The van der Waals surface area contributed by atoms with E-state index < -0.39 is 20.0 Å². The number of nitrogens with two attached hydrogens (primary N) is 1. The third-order valence-electron chi connectivity index (χ3n) is 3.09. The number of benzene rings is 2. The molecule has 0 amide bonds. The van der Waals surface area contributed by atoms with Crippen molar-refractivity contribution in [2.75, 3.05) is 11.3 Å². The standard InChI is InChI=1S/C16H18N2O5S2/c1-2-23-15-9-5-3-7-13(15)11-12-24(19,20)18-14-8-4-6-10-16(14)25(17,21)22/h3-12,18H,2H2,1H3,(H2,17,21,22). The SMILES string of the molecule is CCOc1ccccc1C=CS(=O)(=O)Nc1ccccc1S(N)(=O)=O. The van der Waals surface area contributed by atoms with E-state index in [1.54, 1.807) is 24.3 Å². The molecule has 0 aliphatic rings. The van der Waals surface area contributed by atoms with Gasteiger partial charge in [-0.1, -0.05) is 30.3 Å². The fraction of sp³-hybridized carbons (Fsp3) is 0.125. The van der Waals surface area contributed by atoms with Crippen molar-refractivity contribution < 1.29 is 21.6 Å². The Labute approximate surface area is 147 Å². The minimum Gasteiger partial charge on any atom is -0.493 e. The molecule has 2 rings (SSSR count). The van der Waals surface area contributed by atoms with Crippen LogP contribution in [-0.2, 0) is 20.0 Å². The first-order valence-corrected chi connectivity index (χ1v) is 10.4. The zero-order valence-corrected chi connectivity index (χ0v) is 15.0. The highest BCUT2D eigenvalue weighted by Crippen LogP contribution is 2.23. The Kier molecular flexibility index (Phi) is 5.83. The van der Waals surface area contributed by atoms with Crippen molar-refractivity contribution in [3.05, 3.63) is 59.5 Å². The summed E-state index contributed by atoms with van der Waals surface area (Å²) in [7, 11) is -8.01. The van der Waals surface area contributed by atoms with E-state index in [1.807, 2.05) is 6.92 Å². The van der Waals surface area contributed by atoms with Crippen LogP contribution in [0, 0.1) is 0 Å². The van der Waals surface area contributed by atoms with Gasteiger partial charge in [-0.3, -0.25) is 4.72 Å². The maximum atomic E-state index is 12.2. The lowest BCUT2D eigenvalue weighted by Gasteiger charge is -2.09. The van der Waals surface area contributed by atoms with E-state index in [0.717, 1.165) is 5.41 Å². The molecule has 0 unspecified atom stereocenters. The lowest BCUT2D eigenvalue weighted by atomic mass is 10.2. The van der Waals surface area contributed by atoms with Crippen LogP contribution in [0.2, 0.25) is 0 Å². The molecule has 0 aromatic heterocycles. The third-order valence-corrected chi connectivity index (χ3v) is 5.06. The molecule has 0 spiro atoms. The molecule has 2 aromatic rings. The molecule has 7 nitrogen and oxygen atoms in total. The molecule has 0 saturated heterocycles. The van der Waals surface area contributed by atoms with E-state index in [-0.39, 0.29) is 10.6 Å². The van der Waals surface area contributed by atoms with Crippen molar-refractivity contribution in [3.8, 4) is 5.75 Å². The van der Waals surface area contributed by atoms with Gasteiger partial charge in [-0.25, -0.2) is 22.0 Å². The fourth-order valence-corrected chi connectivity index (χ4v) is 3.69. The van der Waals surface area contributed by atoms with Crippen molar-refractivity contribution in [2.24, 2.45) is 5.14 Å². The van der Waals surface area contributed by atoms with Gasteiger partial charge in [-0.15, -0.1) is 0 Å². The molecule has 0 aliphatic heterocycles. The first-order valence-electron chi connectivity index (χ1n) is 7.27. The lowest BCUT2D eigenvalue weighted by Crippen LogP contribution is -2.17. The molecule has 0 saturated carbocycles. The quantitative estimate of drug-likeness (QED) is 0.761. The molecule has 2 aromatic carbocycles. The van der Waals surface area contributed by atoms with Gasteiger partial charge in [0.1, 0.15) is 10.6 Å². The third kappa shape index (κ3) is 5.31. The van der Waals surface area contributed by atoms with Crippen LogP contribution in [0.4, 0.5) is 5.69 Å². The average molecular weight is 382 g/mol. The molecule has 9 heteroatoms. The Morgan fingerprint density at radius 1 is 1.04 bits per heavy atom. The lowest BCUT2D eigenvalue weighted by molar-refractivity contribution is 0.339. The van der Waals surface area contributed by atoms with E-state index in [0.29, 0.717) is 17.9 Å². The number of hydrogen-bond acceptors (Lipinski definition) is 5. The molecule has 0 aliphatic carbocycles. The summed E-state index contributed by atoms with van der Waals surface area (Å²) in [5.74, 6) is 0.543. The molecular weight excluding hydrogens is 364 g/mol. The summed E-state index contributed by atoms with van der Waals surface area (Å²) in [5.41, 5.74) is 0.460. The normalized spacial score (nSPS) is 12.2. The number of para-hydroxylation sites is 2. The van der Waals surface area contributed by atoms with Crippen LogP contribution >= 0.6 is 0 Å². The minimum absolute atomic E-state index is 0.118. The van der Waals surface area contributed by atoms with Gasteiger partial charge in [0.2, 0.25) is 10.0 Å². The predicted octanol–water partition coefficient (Wildman–Crippen LogP) is 2.15. The number of nitrogens with one attached hydrogen (secondary N) is 1. The Hall–Kier alpha value is -2.36. The first-order chi connectivity index (χ1) is 11.7. The number of primary sulfonamides is 1. The van der Waals surface area contributed by atoms with Crippen LogP contribution in [0.3, 0.4) is 0 Å². The maximum Gasteiger partial charge on any atom is 0.255 e. The highest BCUT2D eigenvalue weighted by Gasteiger charge is 2.16. The van der Waals surface area contributed by atoms with Gasteiger partial charge in [0, 0.05) is 5.56 Å². The Bertz CT molecular complexity index is 983. The van der Waals surface area contributed by atoms with E-state index >= 15 is 0 Å². The van der Waals surface area contributed by atoms with Crippen LogP contribution < -0.4 is 14.6 Å². The second kappa shape index (κ2) is 7.68. The molecule has 3 N–H and O–H groups in total. The van der Waals surface area contributed by atoms with Crippen LogP contribution in [0.1, 0.15) is 12.5 Å². The van der Waals surface area contributed by atoms with Crippen LogP contribution in [0.5, 0.6) is 5.75 Å². The summed E-state index contributed by atoms with van der Waals surface area (Å²) >= 11 is 0. The van der Waals surface area contributed by atoms with Crippen molar-refractivity contribution in [1.82, 2.24) is 0 Å². The average Bonchev–Trinajstić information content (AvgIpc) is 2.53. The highest BCUT2D eigenvalue weighted by atomic mass is 32.2. The second-order valence-electron chi connectivity index (χ2n) is 4.96. The maximum absolute atomic E-state index is 12.2. The molecule has 0 bridgehead atoms. The number of anilines is 1. The molecule has 25 heavy (non-hydrogen) atoms. The largest absolute Gasteiger partial charge is 0.493 e. The second-order valence-corrected chi connectivity index (χ2v) is 8.06. The number of hydrogen-bond donors (Lipinski definition) is 2. The Morgan fingerprint density at radius 3 is 2.36 bits per heavy atom. The summed E-state index contributed by atoms with van der Waals surface area (Å²) < 4.78 is 55.2. The number of ether oxygens (including phenoxy) is 1. The van der Waals surface area contributed by atoms with Gasteiger partial charge in [-0.2, -0.15) is 0 Å². The van der Waals surface area contributed by atoms with Gasteiger partial charge in [0.25, 0.3) is 10.0 Å². The summed E-state index contributed by atoms with van der Waals surface area (Å²) in [6, 6.07) is 12.4. The monoisotopic (exact) mass is 382 g/mol. The van der Waals surface area contributed by atoms with Crippen molar-refractivity contribution in [3.63, 3.8) is 0 Å². The van der Waals surface area contributed by atoms with Gasteiger partial charge in [-0.05, 0) is 31.2 Å². The summed E-state index contributed by atoms with van der Waals surface area (Å²) in [4.78, 5) is -0.304. The van der Waals surface area contributed by atoms with E-state index in [2.05, 4.69) is 4.72 Å². The zero-order valence-electron chi connectivity index (χ0n) is 13.4. The van der Waals surface area contributed by atoms with Crippen molar-refractivity contribution in [2.45, 2.75) is 11.8 Å². The van der Waals surface area contributed by atoms with Gasteiger partial charge >= 0.3 is 0 Å². The Balaban J connectivity index is 2.30. The van der Waals surface area contributed by atoms with Crippen LogP contribution in [-0.4, -0.2) is 23.4 Å². The Morgan fingerprint density at radius 2 is 1.68 bits per heavy atom. The van der Waals surface area contributed by atoms with E-state index in [4.69, 9.17) is 9.88 Å². The summed E-state index contributed by atoms with van der Waals surface area (Å²) in [6.07, 6.45) is 1.37. The molecule has 0 radical (unpaired) electrons. The summed E-state index contributed by atoms with van der Waals surface area (Å²) in [6.45, 7) is 2.26. The smallest absolute Gasteiger partial charge is 0.255 e. The molecule has 0 heterocycles. The highest BCUT2D eigenvalue weighted by molar-refractivity contribution is 7.95. The summed E-state index contributed by atoms with van der Waals surface area (Å²) in [5, 5.41) is 6.03. The first kappa shape index (κ1) is 19.0. The minimum atomic E-state index is -4.06. The van der Waals surface area contributed by atoms with Crippen LogP contribution in [0.15, 0.2) is 58.8 Å². The van der Waals surface area contributed by atoms with Gasteiger partial charge in [0.15, 0.2) is 0 Å². The number of sulfonamides is 2. The van der Waals surface area contributed by atoms with Crippen molar-refractivity contribution >= 4 is 31.8 Å². The zero-order chi connectivity index (χ0) is 18.5. The van der Waals surface area contributed by atoms with Crippen LogP contribution in [0.25, 0.3) is 6.08 Å². The van der Waals surface area contributed by atoms with Gasteiger partial charge < -0.3 is 4.74 Å². The van der Waals surface area contributed by atoms with Crippen molar-refractivity contribution in [1.29, 1.82) is 0 Å². The molecule has 134 valence electrons.